The van der Waals surface area contributed by atoms with Crippen molar-refractivity contribution in [1.29, 1.82) is 0 Å². The highest BCUT2D eigenvalue weighted by molar-refractivity contribution is 14.0. The molecular weight excluding hydrogens is 413 g/mol. The van der Waals surface area contributed by atoms with Crippen LogP contribution < -0.4 is 10.6 Å². The lowest BCUT2D eigenvalue weighted by atomic mass is 10.1. The number of aromatic nitrogens is 1. The van der Waals surface area contributed by atoms with Crippen molar-refractivity contribution in [1.82, 2.24) is 15.6 Å². The number of benzene rings is 1. The van der Waals surface area contributed by atoms with Crippen molar-refractivity contribution >= 4 is 29.9 Å². The van der Waals surface area contributed by atoms with Gasteiger partial charge in [-0.2, -0.15) is 0 Å². The SMILES string of the molecule is CN=C(NCCc1cccc(F)c1)NCc1ncccc1F.I. The van der Waals surface area contributed by atoms with E-state index in [1.165, 1.54) is 18.2 Å². The fourth-order valence-electron chi connectivity index (χ4n) is 1.95. The van der Waals surface area contributed by atoms with E-state index in [0.717, 1.165) is 5.56 Å². The highest BCUT2D eigenvalue weighted by Crippen LogP contribution is 2.04. The maximum absolute atomic E-state index is 13.5. The Bertz CT molecular complexity index is 649. The minimum atomic E-state index is -0.356. The summed E-state index contributed by atoms with van der Waals surface area (Å²) in [4.78, 5) is 8.01. The molecule has 0 saturated carbocycles. The monoisotopic (exact) mass is 432 g/mol. The smallest absolute Gasteiger partial charge is 0.191 e. The van der Waals surface area contributed by atoms with E-state index in [-0.39, 0.29) is 42.2 Å². The van der Waals surface area contributed by atoms with Crippen LogP contribution in [0.4, 0.5) is 8.78 Å². The van der Waals surface area contributed by atoms with Crippen molar-refractivity contribution in [2.75, 3.05) is 13.6 Å². The lowest BCUT2D eigenvalue weighted by molar-refractivity contribution is 0.592. The minimum absolute atomic E-state index is 0. The van der Waals surface area contributed by atoms with E-state index in [1.807, 2.05) is 6.07 Å². The average Bonchev–Trinajstić information content (AvgIpc) is 2.52. The average molecular weight is 432 g/mol. The molecule has 2 N–H and O–H groups in total. The van der Waals surface area contributed by atoms with E-state index in [9.17, 15) is 8.78 Å². The van der Waals surface area contributed by atoms with Gasteiger partial charge in [0.05, 0.1) is 12.2 Å². The van der Waals surface area contributed by atoms with Crippen LogP contribution in [0.15, 0.2) is 47.6 Å². The van der Waals surface area contributed by atoms with Crippen LogP contribution in [0.5, 0.6) is 0 Å². The Morgan fingerprint density at radius 3 is 2.70 bits per heavy atom. The molecule has 1 heterocycles. The Balaban J connectivity index is 0.00000264. The molecule has 0 aliphatic carbocycles. The van der Waals surface area contributed by atoms with Crippen LogP contribution in [0.2, 0.25) is 0 Å². The third kappa shape index (κ3) is 6.47. The number of nitrogens with zero attached hydrogens (tertiary/aromatic N) is 2. The van der Waals surface area contributed by atoms with Gasteiger partial charge in [0.15, 0.2) is 5.96 Å². The molecule has 2 aromatic rings. The molecule has 0 fully saturated rings. The molecule has 0 aliphatic heterocycles. The van der Waals surface area contributed by atoms with Crippen LogP contribution in [-0.2, 0) is 13.0 Å². The number of hydrogen-bond donors (Lipinski definition) is 2. The van der Waals surface area contributed by atoms with E-state index < -0.39 is 0 Å². The van der Waals surface area contributed by atoms with Crippen molar-refractivity contribution in [3.63, 3.8) is 0 Å². The first kappa shape index (κ1) is 19.3. The summed E-state index contributed by atoms with van der Waals surface area (Å²) in [6.45, 7) is 0.833. The van der Waals surface area contributed by atoms with Crippen LogP contribution in [0.3, 0.4) is 0 Å². The highest BCUT2D eigenvalue weighted by atomic mass is 127. The van der Waals surface area contributed by atoms with Crippen LogP contribution in [0, 0.1) is 11.6 Å². The Morgan fingerprint density at radius 2 is 2.00 bits per heavy atom. The highest BCUT2D eigenvalue weighted by Gasteiger charge is 2.04. The van der Waals surface area contributed by atoms with E-state index in [2.05, 4.69) is 20.6 Å². The van der Waals surface area contributed by atoms with Crippen molar-refractivity contribution in [2.45, 2.75) is 13.0 Å². The molecule has 0 radical (unpaired) electrons. The van der Waals surface area contributed by atoms with E-state index >= 15 is 0 Å². The molecule has 2 rings (SSSR count). The third-order valence-electron chi connectivity index (χ3n) is 3.08. The first-order chi connectivity index (χ1) is 10.7. The molecule has 1 aromatic carbocycles. The van der Waals surface area contributed by atoms with Crippen LogP contribution in [0.1, 0.15) is 11.3 Å². The molecule has 1 aromatic heterocycles. The van der Waals surface area contributed by atoms with E-state index in [4.69, 9.17) is 0 Å². The molecule has 0 aliphatic rings. The second-order valence-electron chi connectivity index (χ2n) is 4.66. The lowest BCUT2D eigenvalue weighted by Crippen LogP contribution is -2.38. The van der Waals surface area contributed by atoms with E-state index in [1.54, 1.807) is 25.4 Å². The lowest BCUT2D eigenvalue weighted by Gasteiger charge is -2.12. The van der Waals surface area contributed by atoms with E-state index in [0.29, 0.717) is 24.6 Å². The van der Waals surface area contributed by atoms with Crippen LogP contribution >= 0.6 is 24.0 Å². The fraction of sp³-hybridized carbons (Fsp3) is 0.250. The van der Waals surface area contributed by atoms with Crippen molar-refractivity contribution < 1.29 is 8.78 Å². The third-order valence-corrected chi connectivity index (χ3v) is 3.08. The summed E-state index contributed by atoms with van der Waals surface area (Å²) in [5.74, 6) is -0.0581. The number of rotatable bonds is 5. The zero-order chi connectivity index (χ0) is 15.8. The van der Waals surface area contributed by atoms with Gasteiger partial charge in [0.25, 0.3) is 0 Å². The van der Waals surface area contributed by atoms with Gasteiger partial charge in [-0.3, -0.25) is 9.98 Å². The Morgan fingerprint density at radius 1 is 1.17 bits per heavy atom. The van der Waals surface area contributed by atoms with Crippen molar-refractivity contribution in [3.8, 4) is 0 Å². The Kier molecular flexibility index (Phi) is 8.46. The summed E-state index contributed by atoms with van der Waals surface area (Å²) in [6.07, 6.45) is 2.21. The number of aliphatic imine (C=N–C) groups is 1. The molecular formula is C16H19F2IN4. The second-order valence-corrected chi connectivity index (χ2v) is 4.66. The first-order valence-electron chi connectivity index (χ1n) is 6.97. The van der Waals surface area contributed by atoms with Gasteiger partial charge in [-0.1, -0.05) is 12.1 Å². The molecule has 4 nitrogen and oxygen atoms in total. The Labute approximate surface area is 151 Å². The van der Waals surface area contributed by atoms with Gasteiger partial charge in [-0.15, -0.1) is 24.0 Å². The largest absolute Gasteiger partial charge is 0.356 e. The predicted octanol–water partition coefficient (Wildman–Crippen LogP) is 2.89. The number of nitrogens with one attached hydrogen (secondary N) is 2. The van der Waals surface area contributed by atoms with Crippen LogP contribution in [-0.4, -0.2) is 24.5 Å². The second kappa shape index (κ2) is 10.1. The quantitative estimate of drug-likeness (QED) is 0.434. The number of pyridine rings is 1. The zero-order valence-corrected chi connectivity index (χ0v) is 15.1. The fourth-order valence-corrected chi connectivity index (χ4v) is 1.95. The number of hydrogen-bond acceptors (Lipinski definition) is 2. The summed E-state index contributed by atoms with van der Waals surface area (Å²) in [7, 11) is 1.63. The van der Waals surface area contributed by atoms with Crippen LogP contribution in [0.25, 0.3) is 0 Å². The molecule has 0 spiro atoms. The van der Waals surface area contributed by atoms with Gasteiger partial charge >= 0.3 is 0 Å². The normalized spacial score (nSPS) is 10.8. The Hall–Kier alpha value is -1.77. The number of guanidine groups is 1. The summed E-state index contributed by atoms with van der Waals surface area (Å²) < 4.78 is 26.5. The van der Waals surface area contributed by atoms with Gasteiger partial charge in [0.1, 0.15) is 11.6 Å². The molecule has 0 saturated heterocycles. The molecule has 23 heavy (non-hydrogen) atoms. The molecule has 0 bridgehead atoms. The molecule has 0 unspecified atom stereocenters. The van der Waals surface area contributed by atoms with Gasteiger partial charge in [0.2, 0.25) is 0 Å². The van der Waals surface area contributed by atoms with Gasteiger partial charge in [-0.05, 0) is 36.2 Å². The standard InChI is InChI=1S/C16H18F2N4.HI/c1-19-16(22-11-15-14(18)6-3-8-20-15)21-9-7-12-4-2-5-13(17)10-12;/h2-6,8,10H,7,9,11H2,1H3,(H2,19,21,22);1H. The van der Waals surface area contributed by atoms with Gasteiger partial charge in [0, 0.05) is 19.8 Å². The summed E-state index contributed by atoms with van der Waals surface area (Å²) in [5.41, 5.74) is 1.23. The summed E-state index contributed by atoms with van der Waals surface area (Å²) in [5, 5.41) is 6.08. The summed E-state index contributed by atoms with van der Waals surface area (Å²) in [6, 6.07) is 9.38. The number of halogens is 3. The van der Waals surface area contributed by atoms with Crippen molar-refractivity contribution in [2.24, 2.45) is 4.99 Å². The van der Waals surface area contributed by atoms with Crippen molar-refractivity contribution in [3.05, 3.63) is 65.5 Å². The maximum atomic E-state index is 13.5. The molecule has 7 heteroatoms. The maximum Gasteiger partial charge on any atom is 0.191 e. The minimum Gasteiger partial charge on any atom is -0.356 e. The topological polar surface area (TPSA) is 49.3 Å². The zero-order valence-electron chi connectivity index (χ0n) is 12.7. The summed E-state index contributed by atoms with van der Waals surface area (Å²) >= 11 is 0. The van der Waals surface area contributed by atoms with Gasteiger partial charge < -0.3 is 10.6 Å². The molecule has 124 valence electrons. The molecule has 0 atom stereocenters. The molecule has 0 amide bonds. The predicted molar refractivity (Wildman–Crippen MR) is 97.9 cm³/mol. The first-order valence-corrected chi connectivity index (χ1v) is 6.97. The van der Waals surface area contributed by atoms with Gasteiger partial charge in [-0.25, -0.2) is 8.78 Å².